The molecule has 0 saturated carbocycles. The van der Waals surface area contributed by atoms with Crippen molar-refractivity contribution in [2.24, 2.45) is 0 Å². The van der Waals surface area contributed by atoms with Gasteiger partial charge in [0.15, 0.2) is 0 Å². The number of rotatable bonds is 14. The highest BCUT2D eigenvalue weighted by atomic mass is 35.5. The summed E-state index contributed by atoms with van der Waals surface area (Å²) in [6.45, 7) is 4.93. The van der Waals surface area contributed by atoms with Gasteiger partial charge in [0.25, 0.3) is 10.0 Å². The van der Waals surface area contributed by atoms with Crippen LogP contribution in [-0.2, 0) is 32.6 Å². The number of sulfonamides is 1. The van der Waals surface area contributed by atoms with E-state index in [9.17, 15) is 18.0 Å². The van der Waals surface area contributed by atoms with Crippen LogP contribution in [0.25, 0.3) is 0 Å². The van der Waals surface area contributed by atoms with Gasteiger partial charge in [-0.3, -0.25) is 13.9 Å². The maximum absolute atomic E-state index is 14.7. The van der Waals surface area contributed by atoms with Gasteiger partial charge in [-0.1, -0.05) is 95.8 Å². The van der Waals surface area contributed by atoms with Crippen molar-refractivity contribution >= 4 is 62.3 Å². The van der Waals surface area contributed by atoms with Crippen molar-refractivity contribution in [3.63, 3.8) is 0 Å². The molecule has 2 atom stereocenters. The summed E-state index contributed by atoms with van der Waals surface area (Å²) in [5, 5.41) is 3.86. The molecule has 0 saturated heterocycles. The fourth-order valence-electron chi connectivity index (χ4n) is 5.04. The molecule has 0 heterocycles. The molecule has 254 valence electrons. The van der Waals surface area contributed by atoms with Crippen LogP contribution >= 0.6 is 34.8 Å². The quantitative estimate of drug-likeness (QED) is 0.143. The van der Waals surface area contributed by atoms with Crippen LogP contribution in [0.5, 0.6) is 5.75 Å². The van der Waals surface area contributed by atoms with Gasteiger partial charge in [0, 0.05) is 24.0 Å². The lowest BCUT2D eigenvalue weighted by atomic mass is 10.0. The van der Waals surface area contributed by atoms with Crippen molar-refractivity contribution in [2.75, 3.05) is 18.0 Å². The zero-order valence-corrected chi connectivity index (χ0v) is 30.2. The molecule has 0 unspecified atom stereocenters. The summed E-state index contributed by atoms with van der Waals surface area (Å²) < 4.78 is 35.2. The first-order chi connectivity index (χ1) is 22.8. The molecule has 0 fully saturated rings. The average molecular weight is 731 g/mol. The van der Waals surface area contributed by atoms with Gasteiger partial charge in [0.2, 0.25) is 11.8 Å². The predicted octanol–water partition coefficient (Wildman–Crippen LogP) is 7.71. The topological polar surface area (TPSA) is 96.0 Å². The normalized spacial score (nSPS) is 12.6. The van der Waals surface area contributed by atoms with E-state index in [-0.39, 0.29) is 51.3 Å². The van der Waals surface area contributed by atoms with E-state index in [2.05, 4.69) is 5.32 Å². The van der Waals surface area contributed by atoms with E-state index >= 15 is 0 Å². The number of amides is 2. The molecular weight excluding hydrogens is 693 g/mol. The maximum Gasteiger partial charge on any atom is 0.264 e. The molecule has 0 radical (unpaired) electrons. The molecule has 2 amide bonds. The van der Waals surface area contributed by atoms with Crippen LogP contribution in [0.15, 0.2) is 95.9 Å². The smallest absolute Gasteiger partial charge is 0.264 e. The zero-order valence-electron chi connectivity index (χ0n) is 27.1. The van der Waals surface area contributed by atoms with Gasteiger partial charge in [0.1, 0.15) is 18.3 Å². The largest absolute Gasteiger partial charge is 0.495 e. The number of hydrogen-bond donors (Lipinski definition) is 1. The van der Waals surface area contributed by atoms with Gasteiger partial charge < -0.3 is 15.0 Å². The summed E-state index contributed by atoms with van der Waals surface area (Å²) in [4.78, 5) is 30.1. The molecular formula is C36H38Cl3N3O5S. The molecule has 1 N–H and O–H groups in total. The van der Waals surface area contributed by atoms with E-state index in [0.717, 1.165) is 15.4 Å². The lowest BCUT2D eigenvalue weighted by Crippen LogP contribution is -2.54. The summed E-state index contributed by atoms with van der Waals surface area (Å²) in [7, 11) is -2.95. The summed E-state index contributed by atoms with van der Waals surface area (Å²) >= 11 is 18.9. The van der Waals surface area contributed by atoms with Gasteiger partial charge in [-0.2, -0.15) is 0 Å². The number of hydrogen-bond acceptors (Lipinski definition) is 5. The van der Waals surface area contributed by atoms with Gasteiger partial charge in [-0.05, 0) is 73.9 Å². The molecule has 8 nitrogen and oxygen atoms in total. The maximum atomic E-state index is 14.7. The third-order valence-electron chi connectivity index (χ3n) is 7.91. The second-order valence-corrected chi connectivity index (χ2v) is 14.5. The lowest BCUT2D eigenvalue weighted by molar-refractivity contribution is -0.140. The van der Waals surface area contributed by atoms with E-state index in [1.807, 2.05) is 51.1 Å². The third-order valence-corrected chi connectivity index (χ3v) is 10.7. The average Bonchev–Trinajstić information content (AvgIpc) is 3.07. The number of carbonyl (C=O) groups is 2. The summed E-state index contributed by atoms with van der Waals surface area (Å²) in [5.74, 6) is -0.830. The van der Waals surface area contributed by atoms with Crippen LogP contribution in [0.2, 0.25) is 15.1 Å². The third kappa shape index (κ3) is 9.23. The van der Waals surface area contributed by atoms with Crippen molar-refractivity contribution in [3.05, 3.63) is 123 Å². The molecule has 0 bridgehead atoms. The number of benzene rings is 4. The molecule has 48 heavy (non-hydrogen) atoms. The highest BCUT2D eigenvalue weighted by molar-refractivity contribution is 7.92. The van der Waals surface area contributed by atoms with Gasteiger partial charge in [-0.25, -0.2) is 8.42 Å². The minimum absolute atomic E-state index is 0.0330. The molecule has 0 spiro atoms. The Morgan fingerprint density at radius 1 is 0.875 bits per heavy atom. The van der Waals surface area contributed by atoms with Crippen LogP contribution in [0, 0.1) is 6.92 Å². The van der Waals surface area contributed by atoms with E-state index in [1.54, 1.807) is 36.4 Å². The van der Waals surface area contributed by atoms with Crippen LogP contribution in [0.1, 0.15) is 37.0 Å². The number of aryl methyl sites for hydroxylation is 1. The second kappa shape index (κ2) is 16.6. The number of nitrogens with zero attached hydrogens (tertiary/aromatic N) is 2. The number of methoxy groups -OCH3 is 1. The summed E-state index contributed by atoms with van der Waals surface area (Å²) in [6, 6.07) is 23.9. The Labute approximate surface area is 297 Å². The molecule has 0 aliphatic rings. The van der Waals surface area contributed by atoms with Crippen molar-refractivity contribution < 1.29 is 22.7 Å². The first kappa shape index (κ1) is 37.1. The van der Waals surface area contributed by atoms with Crippen molar-refractivity contribution in [2.45, 2.75) is 57.1 Å². The highest BCUT2D eigenvalue weighted by Gasteiger charge is 2.36. The van der Waals surface area contributed by atoms with Crippen LogP contribution in [0.3, 0.4) is 0 Å². The Kier molecular flexibility index (Phi) is 12.8. The molecule has 4 aromatic rings. The van der Waals surface area contributed by atoms with E-state index in [0.29, 0.717) is 17.0 Å². The molecule has 12 heteroatoms. The minimum atomic E-state index is -4.35. The molecule has 0 aliphatic heterocycles. The van der Waals surface area contributed by atoms with Crippen LogP contribution in [-0.4, -0.2) is 50.9 Å². The van der Waals surface area contributed by atoms with Gasteiger partial charge in [0.05, 0.1) is 27.7 Å². The number of nitrogens with one attached hydrogen (secondary N) is 1. The first-order valence-corrected chi connectivity index (χ1v) is 17.9. The Hall–Kier alpha value is -3.76. The number of carbonyl (C=O) groups excluding carboxylic acids is 2. The van der Waals surface area contributed by atoms with E-state index in [1.165, 1.54) is 36.3 Å². The van der Waals surface area contributed by atoms with Gasteiger partial charge >= 0.3 is 0 Å². The summed E-state index contributed by atoms with van der Waals surface area (Å²) in [6.07, 6.45) is 0.836. The van der Waals surface area contributed by atoms with E-state index < -0.39 is 28.5 Å². The molecule has 4 rings (SSSR count). The fourth-order valence-corrected chi connectivity index (χ4v) is 6.94. The summed E-state index contributed by atoms with van der Waals surface area (Å²) in [5.41, 5.74) is 2.34. The number of halogens is 3. The first-order valence-electron chi connectivity index (χ1n) is 15.3. The standard InChI is InChI=1S/C36H38Cl3N3O5S/c1-5-25(3)40-36(44)33(20-26-9-7-6-8-10-26)41(22-27-13-17-30(38)31(39)19-27)35(43)23-42(32-21-28(37)14-18-34(32)47-4)48(45,46)29-15-11-24(2)12-16-29/h6-19,21,25,33H,5,20,22-23H2,1-4H3,(H,40,44)/t25-,33-/m1/s1. The van der Waals surface area contributed by atoms with Crippen molar-refractivity contribution in [1.82, 2.24) is 10.2 Å². The Balaban J connectivity index is 1.87. The molecule has 4 aromatic carbocycles. The van der Waals surface area contributed by atoms with E-state index in [4.69, 9.17) is 39.5 Å². The Morgan fingerprint density at radius 3 is 2.19 bits per heavy atom. The highest BCUT2D eigenvalue weighted by Crippen LogP contribution is 2.35. The predicted molar refractivity (Wildman–Crippen MR) is 193 cm³/mol. The Morgan fingerprint density at radius 2 is 1.56 bits per heavy atom. The molecule has 0 aromatic heterocycles. The molecule has 0 aliphatic carbocycles. The van der Waals surface area contributed by atoms with Crippen LogP contribution in [0.4, 0.5) is 5.69 Å². The fraction of sp³-hybridized carbons (Fsp3) is 0.278. The second-order valence-electron chi connectivity index (χ2n) is 11.4. The van der Waals surface area contributed by atoms with Crippen molar-refractivity contribution in [1.29, 1.82) is 0 Å². The van der Waals surface area contributed by atoms with Crippen molar-refractivity contribution in [3.8, 4) is 5.75 Å². The minimum Gasteiger partial charge on any atom is -0.495 e. The van der Waals surface area contributed by atoms with Gasteiger partial charge in [-0.15, -0.1) is 0 Å². The SMILES string of the molecule is CC[C@@H](C)NC(=O)[C@@H](Cc1ccccc1)N(Cc1ccc(Cl)c(Cl)c1)C(=O)CN(c1cc(Cl)ccc1OC)S(=O)(=O)c1ccc(C)cc1. The van der Waals surface area contributed by atoms with Crippen LogP contribution < -0.4 is 14.4 Å². The lowest BCUT2D eigenvalue weighted by Gasteiger charge is -2.34. The monoisotopic (exact) mass is 729 g/mol. The number of anilines is 1. The number of ether oxygens (including phenoxy) is 1. The zero-order chi connectivity index (χ0) is 35.0. The Bertz CT molecular complexity index is 1840.